The summed E-state index contributed by atoms with van der Waals surface area (Å²) in [4.78, 5) is 0. The minimum Gasteiger partial charge on any atom is -0.392 e. The van der Waals surface area contributed by atoms with Crippen LogP contribution in [-0.4, -0.2) is 10.6 Å². The first-order chi connectivity index (χ1) is 7.83. The predicted octanol–water partition coefficient (Wildman–Crippen LogP) is 2.09. The van der Waals surface area contributed by atoms with Gasteiger partial charge in [-0.3, -0.25) is 0 Å². The topological polar surface area (TPSA) is 58.3 Å². The summed E-state index contributed by atoms with van der Waals surface area (Å²) in [6.45, 7) is 9.17. The molecule has 1 aromatic rings. The highest BCUT2D eigenvalue weighted by atomic mass is 16.3. The lowest BCUT2D eigenvalue weighted by Gasteiger charge is -2.22. The second kappa shape index (κ2) is 5.63. The molecule has 96 valence electrons. The lowest BCUT2D eigenvalue weighted by molar-refractivity contribution is 0.279. The van der Waals surface area contributed by atoms with E-state index in [0.717, 1.165) is 23.2 Å². The summed E-state index contributed by atoms with van der Waals surface area (Å²) < 4.78 is 0. The van der Waals surface area contributed by atoms with Crippen LogP contribution in [-0.2, 0) is 13.2 Å². The molecular formula is C14H24N2O. The zero-order chi connectivity index (χ0) is 13.1. The molecule has 3 nitrogen and oxygen atoms in total. The van der Waals surface area contributed by atoms with Crippen LogP contribution >= 0.6 is 0 Å². The summed E-state index contributed by atoms with van der Waals surface area (Å²) in [6.07, 6.45) is 0. The lowest BCUT2D eigenvalue weighted by atomic mass is 10.00. The second-order valence-electron chi connectivity index (χ2n) is 5.58. The normalized spacial score (nSPS) is 13.8. The molecule has 0 heterocycles. The maximum atomic E-state index is 9.32. The van der Waals surface area contributed by atoms with Crippen LogP contribution < -0.4 is 11.1 Å². The summed E-state index contributed by atoms with van der Waals surface area (Å²) in [7, 11) is 0. The molecule has 0 unspecified atom stereocenters. The zero-order valence-electron chi connectivity index (χ0n) is 11.2. The van der Waals surface area contributed by atoms with E-state index in [9.17, 15) is 5.11 Å². The Bertz CT molecular complexity index is 367. The lowest BCUT2D eigenvalue weighted by Crippen LogP contribution is -2.35. The molecule has 0 aromatic heterocycles. The van der Waals surface area contributed by atoms with E-state index in [2.05, 4.69) is 32.2 Å². The van der Waals surface area contributed by atoms with Gasteiger partial charge in [-0.2, -0.15) is 0 Å². The van der Waals surface area contributed by atoms with Crippen LogP contribution in [0.2, 0.25) is 0 Å². The fourth-order valence-corrected chi connectivity index (χ4v) is 1.61. The van der Waals surface area contributed by atoms with Crippen molar-refractivity contribution in [2.75, 3.05) is 0 Å². The molecule has 0 amide bonds. The molecule has 0 aliphatic rings. The van der Waals surface area contributed by atoms with Gasteiger partial charge in [-0.15, -0.1) is 0 Å². The average molecular weight is 236 g/mol. The molecule has 0 saturated heterocycles. The molecule has 1 aromatic carbocycles. The Morgan fingerprint density at radius 2 is 1.94 bits per heavy atom. The second-order valence-corrected chi connectivity index (χ2v) is 5.58. The highest BCUT2D eigenvalue weighted by Crippen LogP contribution is 2.17. The van der Waals surface area contributed by atoms with Gasteiger partial charge in [-0.05, 0) is 44.4 Å². The Labute approximate surface area is 104 Å². The monoisotopic (exact) mass is 236 g/mol. The summed E-state index contributed by atoms with van der Waals surface area (Å²) in [5, 5.41) is 12.7. The molecule has 0 aliphatic carbocycles. The predicted molar refractivity (Wildman–Crippen MR) is 71.6 cm³/mol. The molecule has 0 spiro atoms. The number of rotatable bonds is 4. The van der Waals surface area contributed by atoms with Crippen molar-refractivity contribution in [3.8, 4) is 0 Å². The van der Waals surface area contributed by atoms with Crippen LogP contribution in [0, 0.1) is 0 Å². The minimum absolute atomic E-state index is 0.0242. The van der Waals surface area contributed by atoms with Crippen molar-refractivity contribution in [3.05, 3.63) is 34.9 Å². The van der Waals surface area contributed by atoms with Crippen molar-refractivity contribution >= 4 is 0 Å². The fourth-order valence-electron chi connectivity index (χ4n) is 1.61. The van der Waals surface area contributed by atoms with Crippen LogP contribution in [0.25, 0.3) is 0 Å². The van der Waals surface area contributed by atoms with Crippen LogP contribution in [0.15, 0.2) is 18.2 Å². The maximum Gasteiger partial charge on any atom is 0.0685 e. The molecule has 1 atom stereocenters. The smallest absolute Gasteiger partial charge is 0.0685 e. The Morgan fingerprint density at radius 1 is 1.29 bits per heavy atom. The third kappa shape index (κ3) is 4.46. The van der Waals surface area contributed by atoms with Crippen molar-refractivity contribution < 1.29 is 5.11 Å². The van der Waals surface area contributed by atoms with Crippen molar-refractivity contribution in [3.63, 3.8) is 0 Å². The molecular weight excluding hydrogens is 212 g/mol. The van der Waals surface area contributed by atoms with E-state index in [4.69, 9.17) is 5.73 Å². The summed E-state index contributed by atoms with van der Waals surface area (Å²) in [5.74, 6) is 0. The van der Waals surface area contributed by atoms with Gasteiger partial charge >= 0.3 is 0 Å². The molecule has 3 heteroatoms. The third-order valence-electron chi connectivity index (χ3n) is 2.74. The molecule has 0 bridgehead atoms. The number of benzene rings is 1. The average Bonchev–Trinajstić information content (AvgIpc) is 2.24. The van der Waals surface area contributed by atoms with Gasteiger partial charge in [0.1, 0.15) is 0 Å². The summed E-state index contributed by atoms with van der Waals surface area (Å²) in [5.41, 5.74) is 9.13. The van der Waals surface area contributed by atoms with E-state index >= 15 is 0 Å². The molecule has 17 heavy (non-hydrogen) atoms. The third-order valence-corrected chi connectivity index (χ3v) is 2.74. The Balaban J connectivity index is 2.90. The van der Waals surface area contributed by atoms with E-state index in [-0.39, 0.29) is 18.2 Å². The number of nitrogens with one attached hydrogen (secondary N) is 1. The number of aliphatic hydroxyl groups excluding tert-OH is 1. The Morgan fingerprint density at radius 3 is 2.41 bits per heavy atom. The first kappa shape index (κ1) is 14.2. The molecule has 0 aliphatic heterocycles. The Hall–Kier alpha value is -0.900. The first-order valence-corrected chi connectivity index (χ1v) is 6.06. The van der Waals surface area contributed by atoms with Crippen molar-refractivity contribution in [1.29, 1.82) is 0 Å². The van der Waals surface area contributed by atoms with Crippen LogP contribution in [0.4, 0.5) is 0 Å². The molecule has 0 fully saturated rings. The van der Waals surface area contributed by atoms with Gasteiger partial charge in [0.05, 0.1) is 6.61 Å². The van der Waals surface area contributed by atoms with Gasteiger partial charge in [-0.1, -0.05) is 18.2 Å². The maximum absolute atomic E-state index is 9.32. The number of hydrogen-bond donors (Lipinski definition) is 3. The van der Waals surface area contributed by atoms with E-state index in [0.29, 0.717) is 0 Å². The van der Waals surface area contributed by atoms with Gasteiger partial charge in [0, 0.05) is 18.1 Å². The van der Waals surface area contributed by atoms with Gasteiger partial charge in [-0.25, -0.2) is 0 Å². The standard InChI is InChI=1S/C14H24N2O/c1-10(15)11-5-6-12(9-17)13(7-11)8-16-14(2,3)4/h5-7,10,16-17H,8-9,15H2,1-4H3/t10-/m0/s1. The Kier molecular flexibility index (Phi) is 4.69. The molecule has 4 N–H and O–H groups in total. The van der Waals surface area contributed by atoms with E-state index in [1.807, 2.05) is 19.1 Å². The van der Waals surface area contributed by atoms with Crippen molar-refractivity contribution in [2.45, 2.75) is 52.4 Å². The van der Waals surface area contributed by atoms with Gasteiger partial charge in [0.15, 0.2) is 0 Å². The van der Waals surface area contributed by atoms with Crippen LogP contribution in [0.3, 0.4) is 0 Å². The highest BCUT2D eigenvalue weighted by molar-refractivity contribution is 5.33. The van der Waals surface area contributed by atoms with E-state index in [1.54, 1.807) is 0 Å². The number of aliphatic hydroxyl groups is 1. The quantitative estimate of drug-likeness (QED) is 0.750. The van der Waals surface area contributed by atoms with E-state index in [1.165, 1.54) is 0 Å². The molecule has 0 saturated carbocycles. The van der Waals surface area contributed by atoms with Gasteiger partial charge in [0.25, 0.3) is 0 Å². The number of hydrogen-bond acceptors (Lipinski definition) is 3. The minimum atomic E-state index is 0.0242. The van der Waals surface area contributed by atoms with Gasteiger partial charge in [0.2, 0.25) is 0 Å². The SMILES string of the molecule is C[C@H](N)c1ccc(CO)c(CNC(C)(C)C)c1. The molecule has 1 rings (SSSR count). The largest absolute Gasteiger partial charge is 0.392 e. The summed E-state index contributed by atoms with van der Waals surface area (Å²) in [6, 6.07) is 6.04. The number of nitrogens with two attached hydrogens (primary N) is 1. The zero-order valence-corrected chi connectivity index (χ0v) is 11.2. The van der Waals surface area contributed by atoms with Crippen LogP contribution in [0.1, 0.15) is 50.4 Å². The fraction of sp³-hybridized carbons (Fsp3) is 0.571. The summed E-state index contributed by atoms with van der Waals surface area (Å²) >= 11 is 0. The van der Waals surface area contributed by atoms with E-state index < -0.39 is 0 Å². The van der Waals surface area contributed by atoms with Crippen LogP contribution in [0.5, 0.6) is 0 Å². The van der Waals surface area contributed by atoms with Gasteiger partial charge < -0.3 is 16.2 Å². The van der Waals surface area contributed by atoms with Crippen molar-refractivity contribution in [1.82, 2.24) is 5.32 Å². The van der Waals surface area contributed by atoms with Crippen molar-refractivity contribution in [2.24, 2.45) is 5.73 Å². The first-order valence-electron chi connectivity index (χ1n) is 6.06. The highest BCUT2D eigenvalue weighted by Gasteiger charge is 2.11. The molecule has 0 radical (unpaired) electrons.